The number of anilines is 1. The molecule has 0 radical (unpaired) electrons. The molecular weight excluding hydrogens is 377 g/mol. The van der Waals surface area contributed by atoms with Crippen molar-refractivity contribution in [3.8, 4) is 0 Å². The Morgan fingerprint density at radius 3 is 2.71 bits per heavy atom. The Balaban J connectivity index is 1.29. The smallest absolute Gasteiger partial charge is 0.265 e. The van der Waals surface area contributed by atoms with Gasteiger partial charge in [0.25, 0.3) is 5.91 Å². The summed E-state index contributed by atoms with van der Waals surface area (Å²) in [5, 5.41) is 3.67. The summed E-state index contributed by atoms with van der Waals surface area (Å²) >= 11 is 1.31. The van der Waals surface area contributed by atoms with Crippen molar-refractivity contribution < 1.29 is 9.18 Å². The van der Waals surface area contributed by atoms with E-state index in [1.165, 1.54) is 49.8 Å². The second-order valence-electron chi connectivity index (χ2n) is 7.44. The molecule has 2 aromatic rings. The van der Waals surface area contributed by atoms with Crippen LogP contribution in [0.2, 0.25) is 0 Å². The third-order valence-electron chi connectivity index (χ3n) is 5.62. The van der Waals surface area contributed by atoms with Gasteiger partial charge in [-0.2, -0.15) is 0 Å². The summed E-state index contributed by atoms with van der Waals surface area (Å²) in [4.78, 5) is 26.3. The summed E-state index contributed by atoms with van der Waals surface area (Å²) in [7, 11) is 0. The van der Waals surface area contributed by atoms with Crippen LogP contribution in [0.4, 0.5) is 9.52 Å². The molecule has 2 aliphatic heterocycles. The zero-order valence-corrected chi connectivity index (χ0v) is 16.8. The van der Waals surface area contributed by atoms with E-state index < -0.39 is 0 Å². The van der Waals surface area contributed by atoms with Gasteiger partial charge in [-0.05, 0) is 50.9 Å². The molecule has 28 heavy (non-hydrogen) atoms. The average molecular weight is 404 g/mol. The van der Waals surface area contributed by atoms with Gasteiger partial charge in [0.2, 0.25) is 0 Å². The van der Waals surface area contributed by atoms with Gasteiger partial charge in [0, 0.05) is 25.3 Å². The molecule has 0 aromatic carbocycles. The second-order valence-corrected chi connectivity index (χ2v) is 8.47. The summed E-state index contributed by atoms with van der Waals surface area (Å²) in [6, 6.07) is 3.57. The standard InChI is InChI=1S/C20H26FN5OS/c21-16-5-4-8-22-17(16)13-23-20-24-14-18(28-20)19(27)26-11-6-15(7-12-26)25-9-2-1-3-10-25/h4-5,8,14-15H,1-3,6-7,9-13H2,(H,23,24). The van der Waals surface area contributed by atoms with Crippen LogP contribution < -0.4 is 5.32 Å². The summed E-state index contributed by atoms with van der Waals surface area (Å²) in [6.07, 6.45) is 9.23. The van der Waals surface area contributed by atoms with E-state index >= 15 is 0 Å². The van der Waals surface area contributed by atoms with Crippen molar-refractivity contribution in [1.29, 1.82) is 0 Å². The highest BCUT2D eigenvalue weighted by Crippen LogP contribution is 2.25. The summed E-state index contributed by atoms with van der Waals surface area (Å²) in [5.41, 5.74) is 0.338. The SMILES string of the molecule is O=C(c1cnc(NCc2ncccc2F)s1)N1CCC(N2CCCCC2)CC1. The number of halogens is 1. The highest BCUT2D eigenvalue weighted by molar-refractivity contribution is 7.17. The number of carbonyl (C=O) groups excluding carboxylic acids is 1. The molecule has 4 heterocycles. The van der Waals surface area contributed by atoms with E-state index in [2.05, 4.69) is 20.2 Å². The van der Waals surface area contributed by atoms with Gasteiger partial charge in [-0.3, -0.25) is 9.78 Å². The summed E-state index contributed by atoms with van der Waals surface area (Å²) < 4.78 is 13.7. The molecule has 1 N–H and O–H groups in total. The Bertz CT molecular complexity index is 799. The molecule has 0 bridgehead atoms. The lowest BCUT2D eigenvalue weighted by molar-refractivity contribution is 0.0594. The molecule has 0 saturated carbocycles. The van der Waals surface area contributed by atoms with Crippen molar-refractivity contribution in [3.63, 3.8) is 0 Å². The normalized spacial score (nSPS) is 19.0. The van der Waals surface area contributed by atoms with E-state index in [-0.39, 0.29) is 18.3 Å². The van der Waals surface area contributed by atoms with Crippen LogP contribution in [0, 0.1) is 5.82 Å². The highest BCUT2D eigenvalue weighted by atomic mass is 32.1. The number of amides is 1. The fourth-order valence-electron chi connectivity index (χ4n) is 4.04. The van der Waals surface area contributed by atoms with E-state index in [1.807, 2.05) is 4.90 Å². The molecule has 4 rings (SSSR count). The van der Waals surface area contributed by atoms with Crippen LogP contribution in [-0.4, -0.2) is 57.9 Å². The van der Waals surface area contributed by atoms with Crippen molar-refractivity contribution in [3.05, 3.63) is 40.9 Å². The van der Waals surface area contributed by atoms with Gasteiger partial charge in [0.1, 0.15) is 10.7 Å². The number of rotatable bonds is 5. The van der Waals surface area contributed by atoms with E-state index in [0.717, 1.165) is 25.9 Å². The fraction of sp³-hybridized carbons (Fsp3) is 0.550. The molecule has 2 fully saturated rings. The summed E-state index contributed by atoms with van der Waals surface area (Å²) in [5.74, 6) is -0.300. The number of piperidine rings is 2. The Labute approximate surface area is 168 Å². The molecule has 2 aliphatic rings. The number of aromatic nitrogens is 2. The summed E-state index contributed by atoms with van der Waals surface area (Å²) in [6.45, 7) is 4.27. The van der Waals surface area contributed by atoms with Crippen molar-refractivity contribution >= 4 is 22.4 Å². The van der Waals surface area contributed by atoms with Gasteiger partial charge in [-0.25, -0.2) is 9.37 Å². The van der Waals surface area contributed by atoms with Crippen LogP contribution in [0.3, 0.4) is 0 Å². The van der Waals surface area contributed by atoms with Crippen LogP contribution in [0.1, 0.15) is 47.5 Å². The molecular formula is C20H26FN5OS. The maximum Gasteiger partial charge on any atom is 0.265 e. The van der Waals surface area contributed by atoms with Crippen LogP contribution in [0.5, 0.6) is 0 Å². The molecule has 6 nitrogen and oxygen atoms in total. The van der Waals surface area contributed by atoms with E-state index in [1.54, 1.807) is 18.5 Å². The molecule has 0 aliphatic carbocycles. The fourth-order valence-corrected chi connectivity index (χ4v) is 4.82. The van der Waals surface area contributed by atoms with Crippen LogP contribution in [-0.2, 0) is 6.54 Å². The van der Waals surface area contributed by atoms with Gasteiger partial charge in [0.15, 0.2) is 5.13 Å². The first-order valence-electron chi connectivity index (χ1n) is 10.0. The Kier molecular flexibility index (Phi) is 6.17. The van der Waals surface area contributed by atoms with E-state index in [9.17, 15) is 9.18 Å². The Morgan fingerprint density at radius 2 is 1.96 bits per heavy atom. The number of nitrogens with one attached hydrogen (secondary N) is 1. The van der Waals surface area contributed by atoms with E-state index in [0.29, 0.717) is 21.7 Å². The molecule has 2 saturated heterocycles. The Morgan fingerprint density at radius 1 is 1.18 bits per heavy atom. The maximum atomic E-state index is 13.7. The van der Waals surface area contributed by atoms with Crippen molar-refractivity contribution in [2.24, 2.45) is 0 Å². The van der Waals surface area contributed by atoms with Gasteiger partial charge >= 0.3 is 0 Å². The van der Waals surface area contributed by atoms with Crippen molar-refractivity contribution in [1.82, 2.24) is 19.8 Å². The Hall–Kier alpha value is -2.06. The number of thiazole rings is 1. The molecule has 0 unspecified atom stereocenters. The predicted molar refractivity (Wildman–Crippen MR) is 108 cm³/mol. The second kappa shape index (κ2) is 8.96. The maximum absolute atomic E-state index is 13.7. The van der Waals surface area contributed by atoms with Gasteiger partial charge in [-0.15, -0.1) is 0 Å². The monoisotopic (exact) mass is 403 g/mol. The van der Waals surface area contributed by atoms with Gasteiger partial charge < -0.3 is 15.1 Å². The van der Waals surface area contributed by atoms with Crippen LogP contribution >= 0.6 is 11.3 Å². The first kappa shape index (κ1) is 19.3. The van der Waals surface area contributed by atoms with Gasteiger partial charge in [-0.1, -0.05) is 17.8 Å². The first-order valence-corrected chi connectivity index (χ1v) is 10.8. The molecule has 0 atom stereocenters. The lowest BCUT2D eigenvalue weighted by atomic mass is 10.00. The zero-order chi connectivity index (χ0) is 19.3. The van der Waals surface area contributed by atoms with Gasteiger partial charge in [0.05, 0.1) is 18.4 Å². The zero-order valence-electron chi connectivity index (χ0n) is 15.9. The third-order valence-corrected chi connectivity index (χ3v) is 6.56. The number of hydrogen-bond acceptors (Lipinski definition) is 6. The number of likely N-dealkylation sites (tertiary alicyclic amines) is 2. The molecule has 0 spiro atoms. The minimum absolute atomic E-state index is 0.0478. The first-order chi connectivity index (χ1) is 13.7. The number of pyridine rings is 1. The lowest BCUT2D eigenvalue weighted by Gasteiger charge is -2.40. The minimum Gasteiger partial charge on any atom is -0.356 e. The predicted octanol–water partition coefficient (Wildman–Crippen LogP) is 3.38. The minimum atomic E-state index is -0.348. The van der Waals surface area contributed by atoms with Crippen molar-refractivity contribution in [2.45, 2.75) is 44.7 Å². The van der Waals surface area contributed by atoms with Crippen molar-refractivity contribution in [2.75, 3.05) is 31.5 Å². The highest BCUT2D eigenvalue weighted by Gasteiger charge is 2.28. The largest absolute Gasteiger partial charge is 0.356 e. The number of hydrogen-bond donors (Lipinski definition) is 1. The van der Waals surface area contributed by atoms with Crippen LogP contribution in [0.15, 0.2) is 24.5 Å². The molecule has 1 amide bonds. The molecule has 2 aromatic heterocycles. The number of nitrogens with zero attached hydrogens (tertiary/aromatic N) is 4. The lowest BCUT2D eigenvalue weighted by Crippen LogP contribution is -2.48. The quantitative estimate of drug-likeness (QED) is 0.829. The number of carbonyl (C=O) groups is 1. The average Bonchev–Trinajstić information content (AvgIpc) is 3.22. The molecule has 8 heteroatoms. The van der Waals surface area contributed by atoms with Crippen LogP contribution in [0.25, 0.3) is 0 Å². The van der Waals surface area contributed by atoms with E-state index in [4.69, 9.17) is 0 Å². The molecule has 150 valence electrons. The topological polar surface area (TPSA) is 61.4 Å². The third kappa shape index (κ3) is 4.50.